The first kappa shape index (κ1) is 13.7. The zero-order valence-corrected chi connectivity index (χ0v) is 12.7. The Kier molecular flexibility index (Phi) is 4.93. The van der Waals surface area contributed by atoms with E-state index in [2.05, 4.69) is 22.9 Å². The monoisotopic (exact) mass is 312 g/mol. The van der Waals surface area contributed by atoms with Gasteiger partial charge in [-0.25, -0.2) is 0 Å². The molecule has 1 aliphatic carbocycles. The first-order valence-corrected chi connectivity index (χ1v) is 7.52. The van der Waals surface area contributed by atoms with E-state index in [0.717, 1.165) is 21.9 Å². The Bertz CT molecular complexity index is 392. The van der Waals surface area contributed by atoms with Crippen LogP contribution in [0.2, 0.25) is 0 Å². The second-order valence-electron chi connectivity index (χ2n) is 4.98. The normalized spacial score (nSPS) is 23.7. The highest BCUT2D eigenvalue weighted by atomic mass is 79.9. The Balaban J connectivity index is 2.00. The average molecular weight is 313 g/mol. The molecule has 0 N–H and O–H groups in total. The van der Waals surface area contributed by atoms with Gasteiger partial charge in [-0.15, -0.1) is 0 Å². The van der Waals surface area contributed by atoms with Gasteiger partial charge in [-0.3, -0.25) is 0 Å². The van der Waals surface area contributed by atoms with Crippen LogP contribution >= 0.6 is 15.9 Å². The second-order valence-corrected chi connectivity index (χ2v) is 5.83. The summed E-state index contributed by atoms with van der Waals surface area (Å²) in [6.45, 7) is 2.27. The van der Waals surface area contributed by atoms with Crippen LogP contribution in [0.3, 0.4) is 0 Å². The van der Waals surface area contributed by atoms with Crippen molar-refractivity contribution in [1.29, 1.82) is 0 Å². The van der Waals surface area contributed by atoms with Gasteiger partial charge in [-0.1, -0.05) is 19.8 Å². The Hall–Kier alpha value is -0.700. The predicted molar refractivity (Wildman–Crippen MR) is 77.4 cm³/mol. The van der Waals surface area contributed by atoms with Gasteiger partial charge in [0.25, 0.3) is 0 Å². The average Bonchev–Trinajstić information content (AvgIpc) is 2.41. The van der Waals surface area contributed by atoms with E-state index >= 15 is 0 Å². The standard InChI is InChI=1S/C15H21BrO2/c1-3-11-5-4-6-13(9-11)18-15-8-7-12(17-2)10-14(15)16/h7-8,10-11,13H,3-6,9H2,1-2H3. The minimum Gasteiger partial charge on any atom is -0.497 e. The summed E-state index contributed by atoms with van der Waals surface area (Å²) in [5.74, 6) is 2.61. The molecule has 0 aromatic heterocycles. The summed E-state index contributed by atoms with van der Waals surface area (Å²) in [5, 5.41) is 0. The van der Waals surface area contributed by atoms with Gasteiger partial charge in [0.05, 0.1) is 17.7 Å². The van der Waals surface area contributed by atoms with E-state index in [1.165, 1.54) is 32.1 Å². The fourth-order valence-corrected chi connectivity index (χ4v) is 3.05. The van der Waals surface area contributed by atoms with Gasteiger partial charge in [0, 0.05) is 0 Å². The molecule has 3 heteroatoms. The number of rotatable bonds is 4. The third kappa shape index (κ3) is 3.41. The first-order chi connectivity index (χ1) is 8.72. The van der Waals surface area contributed by atoms with Crippen molar-refractivity contribution in [3.05, 3.63) is 22.7 Å². The molecule has 2 unspecified atom stereocenters. The highest BCUT2D eigenvalue weighted by Gasteiger charge is 2.22. The summed E-state index contributed by atoms with van der Waals surface area (Å²) >= 11 is 3.54. The molecule has 1 aliphatic rings. The number of benzene rings is 1. The van der Waals surface area contributed by atoms with Gasteiger partial charge in [0.1, 0.15) is 11.5 Å². The number of halogens is 1. The molecule has 0 spiro atoms. The van der Waals surface area contributed by atoms with Crippen molar-refractivity contribution in [3.63, 3.8) is 0 Å². The van der Waals surface area contributed by atoms with E-state index in [0.29, 0.717) is 6.10 Å². The van der Waals surface area contributed by atoms with Crippen molar-refractivity contribution >= 4 is 15.9 Å². The molecule has 100 valence electrons. The molecule has 0 amide bonds. The Labute approximate surface area is 118 Å². The van der Waals surface area contributed by atoms with Crippen LogP contribution in [0.4, 0.5) is 0 Å². The summed E-state index contributed by atoms with van der Waals surface area (Å²) < 4.78 is 12.3. The lowest BCUT2D eigenvalue weighted by molar-refractivity contribution is 0.121. The van der Waals surface area contributed by atoms with E-state index in [-0.39, 0.29) is 0 Å². The van der Waals surface area contributed by atoms with Gasteiger partial charge in [-0.2, -0.15) is 0 Å². The van der Waals surface area contributed by atoms with Crippen LogP contribution in [-0.2, 0) is 0 Å². The second kappa shape index (κ2) is 6.46. The maximum atomic E-state index is 6.12. The zero-order valence-electron chi connectivity index (χ0n) is 11.1. The smallest absolute Gasteiger partial charge is 0.134 e. The molecule has 1 saturated carbocycles. The van der Waals surface area contributed by atoms with E-state index in [1.54, 1.807) is 7.11 Å². The highest BCUT2D eigenvalue weighted by Crippen LogP contribution is 2.34. The lowest BCUT2D eigenvalue weighted by Crippen LogP contribution is -2.25. The van der Waals surface area contributed by atoms with E-state index < -0.39 is 0 Å². The summed E-state index contributed by atoms with van der Waals surface area (Å²) in [4.78, 5) is 0. The third-order valence-electron chi connectivity index (χ3n) is 3.74. The Morgan fingerprint density at radius 3 is 2.83 bits per heavy atom. The largest absolute Gasteiger partial charge is 0.497 e. The van der Waals surface area contributed by atoms with Crippen LogP contribution in [-0.4, -0.2) is 13.2 Å². The lowest BCUT2D eigenvalue weighted by atomic mass is 9.85. The van der Waals surface area contributed by atoms with Crippen LogP contribution in [0.25, 0.3) is 0 Å². The molecule has 0 heterocycles. The van der Waals surface area contributed by atoms with E-state index in [9.17, 15) is 0 Å². The van der Waals surface area contributed by atoms with E-state index in [4.69, 9.17) is 9.47 Å². The summed E-state index contributed by atoms with van der Waals surface area (Å²) in [6.07, 6.45) is 6.65. The highest BCUT2D eigenvalue weighted by molar-refractivity contribution is 9.10. The lowest BCUT2D eigenvalue weighted by Gasteiger charge is -2.29. The molecule has 18 heavy (non-hydrogen) atoms. The van der Waals surface area contributed by atoms with Crippen molar-refractivity contribution in [2.24, 2.45) is 5.92 Å². The third-order valence-corrected chi connectivity index (χ3v) is 4.36. The molecular formula is C15H21BrO2. The minimum absolute atomic E-state index is 0.369. The molecule has 1 aromatic rings. The molecule has 0 aliphatic heterocycles. The van der Waals surface area contributed by atoms with Crippen LogP contribution in [0.1, 0.15) is 39.0 Å². The number of ether oxygens (including phenoxy) is 2. The van der Waals surface area contributed by atoms with Gasteiger partial charge in [-0.05, 0) is 59.3 Å². The first-order valence-electron chi connectivity index (χ1n) is 6.73. The van der Waals surface area contributed by atoms with Crippen LogP contribution < -0.4 is 9.47 Å². The summed E-state index contributed by atoms with van der Waals surface area (Å²) in [5.41, 5.74) is 0. The Morgan fingerprint density at radius 2 is 2.17 bits per heavy atom. The number of hydrogen-bond donors (Lipinski definition) is 0. The minimum atomic E-state index is 0.369. The molecule has 2 nitrogen and oxygen atoms in total. The maximum absolute atomic E-state index is 6.12. The van der Waals surface area contributed by atoms with Crippen molar-refractivity contribution in [1.82, 2.24) is 0 Å². The van der Waals surface area contributed by atoms with Gasteiger partial charge in [0.15, 0.2) is 0 Å². The van der Waals surface area contributed by atoms with Crippen LogP contribution in [0.15, 0.2) is 22.7 Å². The molecule has 0 saturated heterocycles. The Morgan fingerprint density at radius 1 is 1.33 bits per heavy atom. The summed E-state index contributed by atoms with van der Waals surface area (Å²) in [7, 11) is 1.68. The number of methoxy groups -OCH3 is 1. The number of hydrogen-bond acceptors (Lipinski definition) is 2. The molecule has 2 rings (SSSR count). The molecule has 2 atom stereocenters. The zero-order chi connectivity index (χ0) is 13.0. The molecule has 1 aromatic carbocycles. The molecule has 0 bridgehead atoms. The van der Waals surface area contributed by atoms with Gasteiger partial charge >= 0.3 is 0 Å². The topological polar surface area (TPSA) is 18.5 Å². The fourth-order valence-electron chi connectivity index (χ4n) is 2.60. The molecule has 0 radical (unpaired) electrons. The van der Waals surface area contributed by atoms with Gasteiger partial charge < -0.3 is 9.47 Å². The van der Waals surface area contributed by atoms with Crippen molar-refractivity contribution in [2.75, 3.05) is 7.11 Å². The van der Waals surface area contributed by atoms with Crippen molar-refractivity contribution < 1.29 is 9.47 Å². The quantitative estimate of drug-likeness (QED) is 0.794. The maximum Gasteiger partial charge on any atom is 0.134 e. The molecular weight excluding hydrogens is 292 g/mol. The van der Waals surface area contributed by atoms with Crippen molar-refractivity contribution in [2.45, 2.75) is 45.1 Å². The van der Waals surface area contributed by atoms with Crippen LogP contribution in [0.5, 0.6) is 11.5 Å². The van der Waals surface area contributed by atoms with Crippen LogP contribution in [0, 0.1) is 5.92 Å². The van der Waals surface area contributed by atoms with Gasteiger partial charge in [0.2, 0.25) is 0 Å². The fraction of sp³-hybridized carbons (Fsp3) is 0.600. The predicted octanol–water partition coefficient (Wildman–Crippen LogP) is 4.81. The molecule has 1 fully saturated rings. The SMILES string of the molecule is CCC1CCCC(Oc2ccc(OC)cc2Br)C1. The summed E-state index contributed by atoms with van der Waals surface area (Å²) in [6, 6.07) is 5.88. The van der Waals surface area contributed by atoms with Crippen molar-refractivity contribution in [3.8, 4) is 11.5 Å². The van der Waals surface area contributed by atoms with E-state index in [1.807, 2.05) is 18.2 Å².